The SMILES string of the molecule is CN=C(NCc1cnn(C)c1)N(C)Cc1cccc(F)c1. The molecule has 0 saturated heterocycles. The van der Waals surface area contributed by atoms with E-state index in [0.717, 1.165) is 17.1 Å². The molecule has 0 atom stereocenters. The van der Waals surface area contributed by atoms with Gasteiger partial charge in [-0.2, -0.15) is 5.10 Å². The third-order valence-electron chi connectivity index (χ3n) is 3.09. The van der Waals surface area contributed by atoms with E-state index < -0.39 is 0 Å². The van der Waals surface area contributed by atoms with E-state index in [2.05, 4.69) is 15.4 Å². The van der Waals surface area contributed by atoms with Crippen LogP contribution in [0, 0.1) is 5.82 Å². The molecule has 0 saturated carbocycles. The van der Waals surface area contributed by atoms with Crippen molar-refractivity contribution in [2.24, 2.45) is 12.0 Å². The fourth-order valence-electron chi connectivity index (χ4n) is 2.11. The molecule has 0 spiro atoms. The summed E-state index contributed by atoms with van der Waals surface area (Å²) in [5, 5.41) is 7.39. The van der Waals surface area contributed by atoms with Gasteiger partial charge in [-0.3, -0.25) is 9.67 Å². The van der Waals surface area contributed by atoms with Crippen LogP contribution >= 0.6 is 0 Å². The molecule has 5 nitrogen and oxygen atoms in total. The molecule has 0 aliphatic carbocycles. The van der Waals surface area contributed by atoms with Crippen LogP contribution in [0.4, 0.5) is 4.39 Å². The van der Waals surface area contributed by atoms with Crippen LogP contribution in [0.2, 0.25) is 0 Å². The predicted molar refractivity (Wildman–Crippen MR) is 81.3 cm³/mol. The van der Waals surface area contributed by atoms with E-state index in [9.17, 15) is 4.39 Å². The van der Waals surface area contributed by atoms with E-state index in [1.807, 2.05) is 37.5 Å². The minimum absolute atomic E-state index is 0.223. The van der Waals surface area contributed by atoms with Crippen molar-refractivity contribution < 1.29 is 4.39 Å². The van der Waals surface area contributed by atoms with E-state index in [1.54, 1.807) is 17.8 Å². The Morgan fingerprint density at radius 1 is 1.43 bits per heavy atom. The molecule has 0 bridgehead atoms. The lowest BCUT2D eigenvalue weighted by Crippen LogP contribution is -2.38. The van der Waals surface area contributed by atoms with Gasteiger partial charge in [0.15, 0.2) is 5.96 Å². The van der Waals surface area contributed by atoms with Crippen molar-refractivity contribution in [1.29, 1.82) is 0 Å². The normalized spacial score (nSPS) is 11.5. The molecule has 2 rings (SSSR count). The van der Waals surface area contributed by atoms with Gasteiger partial charge in [-0.25, -0.2) is 4.39 Å². The van der Waals surface area contributed by atoms with Gasteiger partial charge >= 0.3 is 0 Å². The largest absolute Gasteiger partial charge is 0.352 e. The van der Waals surface area contributed by atoms with E-state index in [-0.39, 0.29) is 5.82 Å². The molecular formula is C15H20FN5. The second-order valence-corrected chi connectivity index (χ2v) is 4.91. The molecule has 1 heterocycles. The number of nitrogens with zero attached hydrogens (tertiary/aromatic N) is 4. The quantitative estimate of drug-likeness (QED) is 0.689. The van der Waals surface area contributed by atoms with Crippen LogP contribution in [0.25, 0.3) is 0 Å². The van der Waals surface area contributed by atoms with Crippen molar-refractivity contribution in [2.75, 3.05) is 14.1 Å². The lowest BCUT2D eigenvalue weighted by atomic mass is 10.2. The maximum Gasteiger partial charge on any atom is 0.193 e. The number of halogens is 1. The Kier molecular flexibility index (Phi) is 4.92. The zero-order valence-corrected chi connectivity index (χ0v) is 12.5. The first-order valence-corrected chi connectivity index (χ1v) is 6.72. The molecule has 0 amide bonds. The van der Waals surface area contributed by atoms with Crippen molar-refractivity contribution >= 4 is 5.96 Å². The Morgan fingerprint density at radius 3 is 2.86 bits per heavy atom. The molecule has 112 valence electrons. The molecule has 0 aliphatic rings. The van der Waals surface area contributed by atoms with Gasteiger partial charge in [0, 0.05) is 46.0 Å². The maximum absolute atomic E-state index is 13.2. The first-order chi connectivity index (χ1) is 10.1. The molecule has 2 aromatic rings. The van der Waals surface area contributed by atoms with Crippen molar-refractivity contribution in [2.45, 2.75) is 13.1 Å². The molecular weight excluding hydrogens is 269 g/mol. The van der Waals surface area contributed by atoms with Crippen molar-refractivity contribution in [3.8, 4) is 0 Å². The summed E-state index contributed by atoms with van der Waals surface area (Å²) in [7, 11) is 5.53. The average molecular weight is 289 g/mol. The summed E-state index contributed by atoms with van der Waals surface area (Å²) in [6, 6.07) is 6.59. The topological polar surface area (TPSA) is 45.5 Å². The fourth-order valence-corrected chi connectivity index (χ4v) is 2.11. The molecule has 0 radical (unpaired) electrons. The summed E-state index contributed by atoms with van der Waals surface area (Å²) in [4.78, 5) is 6.19. The molecule has 6 heteroatoms. The molecule has 0 unspecified atom stereocenters. The van der Waals surface area contributed by atoms with E-state index >= 15 is 0 Å². The lowest BCUT2D eigenvalue weighted by molar-refractivity contribution is 0.474. The molecule has 0 fully saturated rings. The van der Waals surface area contributed by atoms with Crippen LogP contribution in [0.15, 0.2) is 41.7 Å². The molecule has 1 aromatic carbocycles. The van der Waals surface area contributed by atoms with Gasteiger partial charge in [-0.15, -0.1) is 0 Å². The Hall–Kier alpha value is -2.37. The smallest absolute Gasteiger partial charge is 0.193 e. The minimum atomic E-state index is -0.223. The molecule has 21 heavy (non-hydrogen) atoms. The number of guanidine groups is 1. The minimum Gasteiger partial charge on any atom is -0.352 e. The van der Waals surface area contributed by atoms with Crippen LogP contribution in [0.1, 0.15) is 11.1 Å². The van der Waals surface area contributed by atoms with Gasteiger partial charge in [0.25, 0.3) is 0 Å². The first kappa shape index (κ1) is 15.0. The van der Waals surface area contributed by atoms with E-state index in [4.69, 9.17) is 0 Å². The third-order valence-corrected chi connectivity index (χ3v) is 3.09. The standard InChI is InChI=1S/C15H20FN5/c1-17-15(18-8-13-9-19-21(3)11-13)20(2)10-12-5-4-6-14(16)7-12/h4-7,9,11H,8,10H2,1-3H3,(H,17,18). The number of benzene rings is 1. The monoisotopic (exact) mass is 289 g/mol. The van der Waals surface area contributed by atoms with Gasteiger partial charge in [0.05, 0.1) is 6.20 Å². The molecule has 0 aliphatic heterocycles. The van der Waals surface area contributed by atoms with Gasteiger partial charge in [0.1, 0.15) is 5.82 Å². The fraction of sp³-hybridized carbons (Fsp3) is 0.333. The highest BCUT2D eigenvalue weighted by Crippen LogP contribution is 2.06. The zero-order chi connectivity index (χ0) is 15.2. The lowest BCUT2D eigenvalue weighted by Gasteiger charge is -2.22. The van der Waals surface area contributed by atoms with Crippen LogP contribution in [-0.4, -0.2) is 34.7 Å². The number of nitrogens with one attached hydrogen (secondary N) is 1. The number of hydrogen-bond donors (Lipinski definition) is 1. The zero-order valence-electron chi connectivity index (χ0n) is 12.5. The van der Waals surface area contributed by atoms with E-state index in [1.165, 1.54) is 12.1 Å². The number of aromatic nitrogens is 2. The first-order valence-electron chi connectivity index (χ1n) is 6.72. The summed E-state index contributed by atoms with van der Waals surface area (Å²) in [5.74, 6) is 0.530. The number of aryl methyl sites for hydroxylation is 1. The second-order valence-electron chi connectivity index (χ2n) is 4.91. The summed E-state index contributed by atoms with van der Waals surface area (Å²) in [5.41, 5.74) is 1.99. The van der Waals surface area contributed by atoms with Gasteiger partial charge in [-0.1, -0.05) is 12.1 Å². The maximum atomic E-state index is 13.2. The van der Waals surface area contributed by atoms with Gasteiger partial charge in [-0.05, 0) is 17.7 Å². The highest BCUT2D eigenvalue weighted by molar-refractivity contribution is 5.79. The number of hydrogen-bond acceptors (Lipinski definition) is 2. The summed E-state index contributed by atoms with van der Waals surface area (Å²) < 4.78 is 15.0. The van der Waals surface area contributed by atoms with Crippen LogP contribution < -0.4 is 5.32 Å². The summed E-state index contributed by atoms with van der Waals surface area (Å²) >= 11 is 0. The highest BCUT2D eigenvalue weighted by atomic mass is 19.1. The van der Waals surface area contributed by atoms with Crippen LogP contribution in [0.3, 0.4) is 0 Å². The Labute approximate surface area is 124 Å². The number of rotatable bonds is 4. The van der Waals surface area contributed by atoms with Crippen molar-refractivity contribution in [3.05, 3.63) is 53.6 Å². The van der Waals surface area contributed by atoms with E-state index in [0.29, 0.717) is 13.1 Å². The Morgan fingerprint density at radius 2 is 2.24 bits per heavy atom. The third kappa shape index (κ3) is 4.30. The Balaban J connectivity index is 1.94. The molecule has 1 aromatic heterocycles. The highest BCUT2D eigenvalue weighted by Gasteiger charge is 2.07. The van der Waals surface area contributed by atoms with Crippen LogP contribution in [0.5, 0.6) is 0 Å². The summed E-state index contributed by atoms with van der Waals surface area (Å²) in [6.07, 6.45) is 3.76. The van der Waals surface area contributed by atoms with Crippen molar-refractivity contribution in [1.82, 2.24) is 20.0 Å². The number of aliphatic imine (C=N–C) groups is 1. The van der Waals surface area contributed by atoms with Crippen molar-refractivity contribution in [3.63, 3.8) is 0 Å². The van der Waals surface area contributed by atoms with Crippen LogP contribution in [-0.2, 0) is 20.1 Å². The molecule has 1 N–H and O–H groups in total. The summed E-state index contributed by atoms with van der Waals surface area (Å²) in [6.45, 7) is 1.23. The predicted octanol–water partition coefficient (Wildman–Crippen LogP) is 1.77. The second kappa shape index (κ2) is 6.88. The Bertz CT molecular complexity index is 620. The van der Waals surface area contributed by atoms with Gasteiger partial charge < -0.3 is 10.2 Å². The van der Waals surface area contributed by atoms with Gasteiger partial charge in [0.2, 0.25) is 0 Å². The average Bonchev–Trinajstić information content (AvgIpc) is 2.85.